The number of hydrogen-bond donors (Lipinski definition) is 1. The van der Waals surface area contributed by atoms with Gasteiger partial charge in [-0.05, 0) is 57.3 Å². The molecule has 0 aromatic rings. The van der Waals surface area contributed by atoms with E-state index in [1.807, 2.05) is 0 Å². The second-order valence-corrected chi connectivity index (χ2v) is 6.17. The van der Waals surface area contributed by atoms with Crippen LogP contribution in [-0.4, -0.2) is 17.6 Å². The zero-order valence-electron chi connectivity index (χ0n) is 11.6. The molecule has 0 aliphatic heterocycles. The highest BCUT2D eigenvalue weighted by atomic mass is 16.5. The van der Waals surface area contributed by atoms with E-state index >= 15 is 0 Å². The minimum Gasteiger partial charge on any atom is -0.461 e. The van der Waals surface area contributed by atoms with Gasteiger partial charge in [-0.3, -0.25) is 4.79 Å². The molecule has 0 radical (unpaired) electrons. The molecule has 18 heavy (non-hydrogen) atoms. The van der Waals surface area contributed by atoms with Crippen LogP contribution in [0.15, 0.2) is 0 Å². The lowest BCUT2D eigenvalue weighted by Crippen LogP contribution is -2.52. The summed E-state index contributed by atoms with van der Waals surface area (Å²) in [5, 5.41) is 0. The molecule has 0 amide bonds. The Bertz CT molecular complexity index is 276. The van der Waals surface area contributed by atoms with Crippen LogP contribution in [0.3, 0.4) is 0 Å². The van der Waals surface area contributed by atoms with Crippen molar-refractivity contribution in [3.05, 3.63) is 0 Å². The molecule has 2 aliphatic rings. The van der Waals surface area contributed by atoms with Gasteiger partial charge in [0.15, 0.2) is 0 Å². The Morgan fingerprint density at radius 1 is 1.17 bits per heavy atom. The Balaban J connectivity index is 1.84. The summed E-state index contributed by atoms with van der Waals surface area (Å²) in [6.07, 6.45) is 10.8. The van der Waals surface area contributed by atoms with Crippen LogP contribution in [-0.2, 0) is 9.53 Å². The first-order valence-corrected chi connectivity index (χ1v) is 7.64. The van der Waals surface area contributed by atoms with E-state index in [0.29, 0.717) is 0 Å². The summed E-state index contributed by atoms with van der Waals surface area (Å²) >= 11 is 0. The highest BCUT2D eigenvalue weighted by Gasteiger charge is 2.40. The Hall–Kier alpha value is -0.570. The lowest BCUT2D eigenvalue weighted by atomic mass is 9.76. The summed E-state index contributed by atoms with van der Waals surface area (Å²) in [5.41, 5.74) is 5.57. The van der Waals surface area contributed by atoms with Crippen molar-refractivity contribution in [2.75, 3.05) is 0 Å². The van der Waals surface area contributed by atoms with Gasteiger partial charge in [0.2, 0.25) is 0 Å². The number of nitrogens with two attached hydrogens (primary N) is 1. The number of hydrogen-bond acceptors (Lipinski definition) is 3. The third-order valence-electron chi connectivity index (χ3n) is 4.81. The van der Waals surface area contributed by atoms with Crippen LogP contribution >= 0.6 is 0 Å². The van der Waals surface area contributed by atoms with Gasteiger partial charge in [0, 0.05) is 0 Å². The second-order valence-electron chi connectivity index (χ2n) is 6.17. The maximum absolute atomic E-state index is 12.2. The van der Waals surface area contributed by atoms with Crippen molar-refractivity contribution in [3.8, 4) is 0 Å². The molecule has 2 fully saturated rings. The minimum atomic E-state index is -0.691. The molecule has 2 saturated carbocycles. The average molecular weight is 253 g/mol. The van der Waals surface area contributed by atoms with Crippen LogP contribution in [0.4, 0.5) is 0 Å². The summed E-state index contributed by atoms with van der Waals surface area (Å²) in [6, 6.07) is 0. The van der Waals surface area contributed by atoms with Gasteiger partial charge in [0.05, 0.1) is 0 Å². The van der Waals surface area contributed by atoms with Gasteiger partial charge < -0.3 is 10.5 Å². The van der Waals surface area contributed by atoms with Crippen LogP contribution in [0.1, 0.15) is 71.1 Å². The molecule has 2 aliphatic carbocycles. The van der Waals surface area contributed by atoms with Gasteiger partial charge in [-0.15, -0.1) is 0 Å². The fraction of sp³-hybridized carbons (Fsp3) is 0.933. The zero-order chi connectivity index (χ0) is 13.0. The molecule has 2 N–H and O–H groups in total. The standard InChI is InChI=1S/C15H27NO2/c1-2-12-8-10-15(16,11-9-12)14(17)18-13-6-4-3-5-7-13/h12-13H,2-11,16H2,1H3. The molecule has 3 nitrogen and oxygen atoms in total. The summed E-state index contributed by atoms with van der Waals surface area (Å²) in [5.74, 6) is 0.619. The first-order valence-electron chi connectivity index (χ1n) is 7.64. The smallest absolute Gasteiger partial charge is 0.326 e. The predicted molar refractivity (Wildman–Crippen MR) is 72.1 cm³/mol. The maximum atomic E-state index is 12.2. The fourth-order valence-corrected chi connectivity index (χ4v) is 3.26. The highest BCUT2D eigenvalue weighted by molar-refractivity contribution is 5.80. The van der Waals surface area contributed by atoms with Crippen LogP contribution in [0.25, 0.3) is 0 Å². The number of carbonyl (C=O) groups excluding carboxylic acids is 1. The predicted octanol–water partition coefficient (Wildman–Crippen LogP) is 3.16. The van der Waals surface area contributed by atoms with E-state index in [0.717, 1.165) is 44.4 Å². The molecular formula is C15H27NO2. The topological polar surface area (TPSA) is 52.3 Å². The third-order valence-corrected chi connectivity index (χ3v) is 4.81. The molecule has 104 valence electrons. The normalized spacial score (nSPS) is 34.2. The molecule has 0 bridgehead atoms. The number of rotatable bonds is 3. The molecule has 0 atom stereocenters. The Labute approximate surface area is 110 Å². The van der Waals surface area contributed by atoms with Crippen LogP contribution in [0.2, 0.25) is 0 Å². The molecule has 0 unspecified atom stereocenters. The molecule has 0 aromatic heterocycles. The van der Waals surface area contributed by atoms with Crippen molar-refractivity contribution in [2.45, 2.75) is 82.8 Å². The molecule has 0 spiro atoms. The average Bonchev–Trinajstić information content (AvgIpc) is 2.41. The number of carbonyl (C=O) groups is 1. The van der Waals surface area contributed by atoms with E-state index in [1.165, 1.54) is 25.7 Å². The fourth-order valence-electron chi connectivity index (χ4n) is 3.26. The van der Waals surface area contributed by atoms with Gasteiger partial charge in [-0.25, -0.2) is 0 Å². The quantitative estimate of drug-likeness (QED) is 0.786. The molecule has 0 heterocycles. The Morgan fingerprint density at radius 2 is 1.78 bits per heavy atom. The van der Waals surface area contributed by atoms with Gasteiger partial charge >= 0.3 is 5.97 Å². The van der Waals surface area contributed by atoms with E-state index in [1.54, 1.807) is 0 Å². The first kappa shape index (κ1) is 13.9. The number of ether oxygens (including phenoxy) is 1. The van der Waals surface area contributed by atoms with Crippen LogP contribution < -0.4 is 5.73 Å². The van der Waals surface area contributed by atoms with E-state index in [-0.39, 0.29) is 12.1 Å². The largest absolute Gasteiger partial charge is 0.461 e. The SMILES string of the molecule is CCC1CCC(N)(C(=O)OC2CCCCC2)CC1. The van der Waals surface area contributed by atoms with Gasteiger partial charge in [-0.2, -0.15) is 0 Å². The Kier molecular flexibility index (Phi) is 4.66. The minimum absolute atomic E-state index is 0.135. The summed E-state index contributed by atoms with van der Waals surface area (Å²) in [7, 11) is 0. The Morgan fingerprint density at radius 3 is 2.33 bits per heavy atom. The van der Waals surface area contributed by atoms with Crippen molar-refractivity contribution >= 4 is 5.97 Å². The lowest BCUT2D eigenvalue weighted by Gasteiger charge is -2.36. The first-order chi connectivity index (χ1) is 8.64. The lowest BCUT2D eigenvalue weighted by molar-refractivity contribution is -0.159. The molecule has 0 aromatic carbocycles. The van der Waals surface area contributed by atoms with Gasteiger partial charge in [0.1, 0.15) is 11.6 Å². The van der Waals surface area contributed by atoms with E-state index in [4.69, 9.17) is 10.5 Å². The van der Waals surface area contributed by atoms with Crippen LogP contribution in [0.5, 0.6) is 0 Å². The van der Waals surface area contributed by atoms with Crippen molar-refractivity contribution in [2.24, 2.45) is 11.7 Å². The maximum Gasteiger partial charge on any atom is 0.326 e. The highest BCUT2D eigenvalue weighted by Crippen LogP contribution is 2.33. The van der Waals surface area contributed by atoms with Crippen molar-refractivity contribution < 1.29 is 9.53 Å². The van der Waals surface area contributed by atoms with Crippen LogP contribution in [0, 0.1) is 5.92 Å². The second kappa shape index (κ2) is 6.05. The molecule has 0 saturated heterocycles. The van der Waals surface area contributed by atoms with E-state index in [2.05, 4.69) is 6.92 Å². The summed E-state index contributed by atoms with van der Waals surface area (Å²) < 4.78 is 5.64. The zero-order valence-corrected chi connectivity index (χ0v) is 11.6. The molecule has 3 heteroatoms. The van der Waals surface area contributed by atoms with Gasteiger partial charge in [-0.1, -0.05) is 19.8 Å². The van der Waals surface area contributed by atoms with Crippen molar-refractivity contribution in [3.63, 3.8) is 0 Å². The van der Waals surface area contributed by atoms with E-state index < -0.39 is 5.54 Å². The molecule has 2 rings (SSSR count). The number of esters is 1. The summed E-state index contributed by atoms with van der Waals surface area (Å²) in [6.45, 7) is 2.22. The van der Waals surface area contributed by atoms with E-state index in [9.17, 15) is 4.79 Å². The third kappa shape index (κ3) is 3.25. The van der Waals surface area contributed by atoms with Crippen molar-refractivity contribution in [1.29, 1.82) is 0 Å². The van der Waals surface area contributed by atoms with Crippen molar-refractivity contribution in [1.82, 2.24) is 0 Å². The van der Waals surface area contributed by atoms with Gasteiger partial charge in [0.25, 0.3) is 0 Å². The summed E-state index contributed by atoms with van der Waals surface area (Å²) in [4.78, 5) is 12.2. The molecular weight excluding hydrogens is 226 g/mol. The monoisotopic (exact) mass is 253 g/mol.